The highest BCUT2D eigenvalue weighted by atomic mass is 35.5. The summed E-state index contributed by atoms with van der Waals surface area (Å²) in [6.45, 7) is 7.97. The molecule has 0 aromatic carbocycles. The second-order valence-electron chi connectivity index (χ2n) is 6.53. The van der Waals surface area contributed by atoms with Gasteiger partial charge in [-0.15, -0.1) is 0 Å². The summed E-state index contributed by atoms with van der Waals surface area (Å²) in [7, 11) is 1.85. The van der Waals surface area contributed by atoms with Crippen LogP contribution in [0.3, 0.4) is 0 Å². The third kappa shape index (κ3) is 3.49. The average molecular weight is 312 g/mol. The summed E-state index contributed by atoms with van der Waals surface area (Å²) < 4.78 is 1.73. The molecular formula is C16H26ClN3O. The van der Waals surface area contributed by atoms with Crippen molar-refractivity contribution in [1.82, 2.24) is 14.7 Å². The van der Waals surface area contributed by atoms with Gasteiger partial charge in [-0.1, -0.05) is 24.4 Å². The van der Waals surface area contributed by atoms with Crippen LogP contribution in [0.4, 0.5) is 0 Å². The molecule has 0 amide bonds. The molecule has 0 spiro atoms. The Hall–Kier alpha value is -0.870. The number of likely N-dealkylation sites (tertiary alicyclic amines) is 1. The van der Waals surface area contributed by atoms with Crippen molar-refractivity contribution in [2.75, 3.05) is 13.1 Å². The van der Waals surface area contributed by atoms with E-state index in [1.54, 1.807) is 4.68 Å². The van der Waals surface area contributed by atoms with Crippen molar-refractivity contribution in [3.05, 3.63) is 16.4 Å². The average Bonchev–Trinajstić information content (AvgIpc) is 2.68. The first kappa shape index (κ1) is 16.5. The molecule has 0 radical (unpaired) electrons. The lowest BCUT2D eigenvalue weighted by molar-refractivity contribution is -0.128. The summed E-state index contributed by atoms with van der Waals surface area (Å²) in [6, 6.07) is 0. The normalized spacial score (nSPS) is 17.8. The fraction of sp³-hybridized carbons (Fsp3) is 0.750. The number of halogens is 1. The predicted octanol–water partition coefficient (Wildman–Crippen LogP) is 3.15. The SMILES string of the molecule is Cc1nn(C)c(CC(=O)C(C)(C)N2CCCCCC2)c1Cl. The number of Topliss-reactive ketones (excluding diaryl/α,β-unsaturated/α-hetero) is 1. The first-order chi connectivity index (χ1) is 9.84. The van der Waals surface area contributed by atoms with Crippen LogP contribution in [0.5, 0.6) is 0 Å². The van der Waals surface area contributed by atoms with Gasteiger partial charge >= 0.3 is 0 Å². The maximum atomic E-state index is 12.8. The Labute approximate surface area is 132 Å². The molecule has 1 aromatic heterocycles. The minimum atomic E-state index is -0.439. The van der Waals surface area contributed by atoms with E-state index in [-0.39, 0.29) is 5.78 Å². The zero-order valence-corrected chi connectivity index (χ0v) is 14.3. The van der Waals surface area contributed by atoms with E-state index in [9.17, 15) is 4.79 Å². The van der Waals surface area contributed by atoms with E-state index in [0.717, 1.165) is 24.5 Å². The van der Waals surface area contributed by atoms with E-state index in [2.05, 4.69) is 10.00 Å². The van der Waals surface area contributed by atoms with Crippen molar-refractivity contribution in [1.29, 1.82) is 0 Å². The van der Waals surface area contributed by atoms with Gasteiger partial charge in [-0.2, -0.15) is 5.10 Å². The number of ketones is 1. The van der Waals surface area contributed by atoms with Crippen LogP contribution in [-0.4, -0.2) is 39.1 Å². The molecule has 1 fully saturated rings. The highest BCUT2D eigenvalue weighted by Gasteiger charge is 2.35. The molecule has 0 N–H and O–H groups in total. The van der Waals surface area contributed by atoms with E-state index < -0.39 is 5.54 Å². The molecule has 2 rings (SSSR count). The lowest BCUT2D eigenvalue weighted by Crippen LogP contribution is -2.51. The molecule has 0 unspecified atom stereocenters. The Morgan fingerprint density at radius 2 is 1.81 bits per heavy atom. The highest BCUT2D eigenvalue weighted by molar-refractivity contribution is 6.32. The van der Waals surface area contributed by atoms with Crippen LogP contribution in [0.1, 0.15) is 50.9 Å². The minimum Gasteiger partial charge on any atom is -0.297 e. The first-order valence-electron chi connectivity index (χ1n) is 7.80. The largest absolute Gasteiger partial charge is 0.297 e. The third-order valence-electron chi connectivity index (χ3n) is 4.67. The summed E-state index contributed by atoms with van der Waals surface area (Å²) >= 11 is 6.27. The van der Waals surface area contributed by atoms with Gasteiger partial charge in [0.2, 0.25) is 0 Å². The lowest BCUT2D eigenvalue weighted by atomic mass is 9.92. The number of carbonyl (C=O) groups is 1. The molecular weight excluding hydrogens is 286 g/mol. The molecule has 0 saturated carbocycles. The fourth-order valence-corrected chi connectivity index (χ4v) is 3.27. The molecule has 1 aromatic rings. The second-order valence-corrected chi connectivity index (χ2v) is 6.91. The van der Waals surface area contributed by atoms with Crippen LogP contribution in [0.2, 0.25) is 5.02 Å². The van der Waals surface area contributed by atoms with E-state index in [4.69, 9.17) is 11.6 Å². The van der Waals surface area contributed by atoms with Crippen LogP contribution in [0.25, 0.3) is 0 Å². The van der Waals surface area contributed by atoms with Crippen LogP contribution in [0.15, 0.2) is 0 Å². The van der Waals surface area contributed by atoms with Gasteiger partial charge in [0.15, 0.2) is 5.78 Å². The summed E-state index contributed by atoms with van der Waals surface area (Å²) in [4.78, 5) is 15.2. The topological polar surface area (TPSA) is 38.1 Å². The molecule has 1 aliphatic rings. The number of nitrogens with zero attached hydrogens (tertiary/aromatic N) is 3. The summed E-state index contributed by atoms with van der Waals surface area (Å²) in [5.74, 6) is 0.217. The van der Waals surface area contributed by atoms with Crippen LogP contribution >= 0.6 is 11.6 Å². The minimum absolute atomic E-state index is 0.217. The van der Waals surface area contributed by atoms with Gasteiger partial charge in [-0.3, -0.25) is 14.4 Å². The number of aryl methyl sites for hydroxylation is 2. The van der Waals surface area contributed by atoms with Crippen LogP contribution < -0.4 is 0 Å². The molecule has 0 aliphatic carbocycles. The number of hydrogen-bond donors (Lipinski definition) is 0. The first-order valence-corrected chi connectivity index (χ1v) is 8.18. The molecule has 1 aliphatic heterocycles. The predicted molar refractivity (Wildman–Crippen MR) is 85.8 cm³/mol. The Morgan fingerprint density at radius 3 is 2.29 bits per heavy atom. The van der Waals surface area contributed by atoms with E-state index in [1.165, 1.54) is 25.7 Å². The number of carbonyl (C=O) groups excluding carboxylic acids is 1. The monoisotopic (exact) mass is 311 g/mol. The van der Waals surface area contributed by atoms with Crippen molar-refractivity contribution in [3.8, 4) is 0 Å². The zero-order valence-electron chi connectivity index (χ0n) is 13.6. The van der Waals surface area contributed by atoms with Crippen molar-refractivity contribution < 1.29 is 4.79 Å². The quantitative estimate of drug-likeness (QED) is 0.857. The molecule has 1 saturated heterocycles. The van der Waals surface area contributed by atoms with Crippen LogP contribution in [-0.2, 0) is 18.3 Å². The number of hydrogen-bond acceptors (Lipinski definition) is 3. The second kappa shape index (κ2) is 6.49. The highest BCUT2D eigenvalue weighted by Crippen LogP contribution is 2.25. The standard InChI is InChI=1S/C16H26ClN3O/c1-12-15(17)13(19(4)18-12)11-14(21)16(2,3)20-9-7-5-6-8-10-20/h5-11H2,1-4H3. The van der Waals surface area contributed by atoms with Crippen LogP contribution in [0, 0.1) is 6.92 Å². The Bertz CT molecular complexity index is 514. The van der Waals surface area contributed by atoms with Crippen molar-refractivity contribution in [2.45, 2.75) is 58.4 Å². The van der Waals surface area contributed by atoms with Gasteiger partial charge in [-0.05, 0) is 46.7 Å². The molecule has 4 nitrogen and oxygen atoms in total. The number of aromatic nitrogens is 2. The fourth-order valence-electron chi connectivity index (χ4n) is 3.05. The smallest absolute Gasteiger partial charge is 0.158 e. The molecule has 0 bridgehead atoms. The van der Waals surface area contributed by atoms with Crippen molar-refractivity contribution in [2.24, 2.45) is 7.05 Å². The molecule has 118 valence electrons. The van der Waals surface area contributed by atoms with Gasteiger partial charge in [0.05, 0.1) is 28.4 Å². The maximum Gasteiger partial charge on any atom is 0.158 e. The lowest BCUT2D eigenvalue weighted by Gasteiger charge is -2.36. The van der Waals surface area contributed by atoms with E-state index >= 15 is 0 Å². The molecule has 5 heteroatoms. The summed E-state index contributed by atoms with van der Waals surface area (Å²) in [6.07, 6.45) is 5.26. The zero-order chi connectivity index (χ0) is 15.6. The van der Waals surface area contributed by atoms with Gasteiger partial charge < -0.3 is 0 Å². The Morgan fingerprint density at radius 1 is 1.24 bits per heavy atom. The summed E-state index contributed by atoms with van der Waals surface area (Å²) in [5, 5.41) is 4.91. The molecule has 0 atom stereocenters. The molecule has 2 heterocycles. The summed E-state index contributed by atoms with van der Waals surface area (Å²) in [5.41, 5.74) is 1.17. The van der Waals surface area contributed by atoms with Crippen molar-refractivity contribution >= 4 is 17.4 Å². The van der Waals surface area contributed by atoms with E-state index in [1.807, 2.05) is 27.8 Å². The van der Waals surface area contributed by atoms with Gasteiger partial charge in [-0.25, -0.2) is 0 Å². The van der Waals surface area contributed by atoms with E-state index in [0.29, 0.717) is 11.4 Å². The Kier molecular flexibility index (Phi) is 5.10. The van der Waals surface area contributed by atoms with Gasteiger partial charge in [0.25, 0.3) is 0 Å². The molecule has 21 heavy (non-hydrogen) atoms. The maximum absolute atomic E-state index is 12.8. The Balaban J connectivity index is 2.14. The van der Waals surface area contributed by atoms with Gasteiger partial charge in [0, 0.05) is 7.05 Å². The third-order valence-corrected chi connectivity index (χ3v) is 5.16. The van der Waals surface area contributed by atoms with Crippen molar-refractivity contribution in [3.63, 3.8) is 0 Å². The van der Waals surface area contributed by atoms with Gasteiger partial charge in [0.1, 0.15) is 0 Å². The number of rotatable bonds is 4.